The van der Waals surface area contributed by atoms with E-state index in [4.69, 9.17) is 4.74 Å². The second kappa shape index (κ2) is 9.85. The number of rotatable bonds is 5. The van der Waals surface area contributed by atoms with E-state index in [2.05, 4.69) is 11.1 Å². The van der Waals surface area contributed by atoms with E-state index in [-0.39, 0.29) is 30.6 Å². The standard InChI is InChI=1S/C19H22FNO.2ClH/c1-22-19-11-17(20)8-9-18(19)16-10-15(12-21-13-16)7-6-14-4-2-3-5-14;;/h8-14H,2-7H2,1H3;2*1H. The number of aryl methyl sites for hydroxylation is 1. The summed E-state index contributed by atoms with van der Waals surface area (Å²) in [7, 11) is 1.57. The lowest BCUT2D eigenvalue weighted by molar-refractivity contribution is 0.413. The van der Waals surface area contributed by atoms with Gasteiger partial charge in [-0.05, 0) is 42.5 Å². The molecular formula is C19H24Cl2FNO. The third-order valence-corrected chi connectivity index (χ3v) is 4.59. The molecule has 2 aromatic rings. The summed E-state index contributed by atoms with van der Waals surface area (Å²) in [5, 5.41) is 0. The summed E-state index contributed by atoms with van der Waals surface area (Å²) in [4.78, 5) is 4.35. The van der Waals surface area contributed by atoms with Crippen LogP contribution < -0.4 is 4.74 Å². The maximum absolute atomic E-state index is 13.3. The van der Waals surface area contributed by atoms with E-state index in [1.807, 2.05) is 12.4 Å². The molecule has 0 aliphatic heterocycles. The minimum atomic E-state index is -0.286. The zero-order chi connectivity index (χ0) is 15.4. The van der Waals surface area contributed by atoms with Crippen LogP contribution in [-0.4, -0.2) is 12.1 Å². The van der Waals surface area contributed by atoms with Gasteiger partial charge in [-0.2, -0.15) is 0 Å². The average molecular weight is 372 g/mol. The van der Waals surface area contributed by atoms with E-state index in [1.165, 1.54) is 49.8 Å². The maximum Gasteiger partial charge on any atom is 0.129 e. The normalized spacial score (nSPS) is 13.9. The summed E-state index contributed by atoms with van der Waals surface area (Å²) in [5.41, 5.74) is 3.12. The van der Waals surface area contributed by atoms with Crippen molar-refractivity contribution in [1.29, 1.82) is 0 Å². The molecule has 0 saturated heterocycles. The zero-order valence-corrected chi connectivity index (χ0v) is 15.5. The van der Waals surface area contributed by atoms with Gasteiger partial charge >= 0.3 is 0 Å². The molecular weight excluding hydrogens is 348 g/mol. The van der Waals surface area contributed by atoms with Crippen molar-refractivity contribution in [2.45, 2.75) is 38.5 Å². The van der Waals surface area contributed by atoms with Crippen LogP contribution in [0.1, 0.15) is 37.7 Å². The Hall–Kier alpha value is -1.32. The molecule has 1 aliphatic rings. The molecule has 1 aromatic heterocycles. The first-order valence-corrected chi connectivity index (χ1v) is 8.04. The molecule has 132 valence electrons. The number of halogens is 3. The van der Waals surface area contributed by atoms with Gasteiger partial charge in [0, 0.05) is 29.6 Å². The van der Waals surface area contributed by atoms with Crippen LogP contribution in [0.2, 0.25) is 0 Å². The molecule has 0 unspecified atom stereocenters. The van der Waals surface area contributed by atoms with Crippen molar-refractivity contribution in [1.82, 2.24) is 4.98 Å². The topological polar surface area (TPSA) is 22.1 Å². The predicted molar refractivity (Wildman–Crippen MR) is 101 cm³/mol. The predicted octanol–water partition coefficient (Wildman–Crippen LogP) is 5.86. The van der Waals surface area contributed by atoms with Gasteiger partial charge in [-0.3, -0.25) is 4.98 Å². The van der Waals surface area contributed by atoms with Crippen molar-refractivity contribution in [2.24, 2.45) is 5.92 Å². The Morgan fingerprint density at radius 3 is 2.58 bits per heavy atom. The van der Waals surface area contributed by atoms with Gasteiger partial charge < -0.3 is 4.74 Å². The van der Waals surface area contributed by atoms with Crippen molar-refractivity contribution in [3.63, 3.8) is 0 Å². The van der Waals surface area contributed by atoms with Crippen LogP contribution in [0.4, 0.5) is 4.39 Å². The SMILES string of the molecule is COc1cc(F)ccc1-c1cncc(CCC2CCCC2)c1.Cl.Cl. The lowest BCUT2D eigenvalue weighted by Gasteiger charge is -2.11. The summed E-state index contributed by atoms with van der Waals surface area (Å²) in [6, 6.07) is 6.78. The number of hydrogen-bond acceptors (Lipinski definition) is 2. The second-order valence-electron chi connectivity index (χ2n) is 6.12. The van der Waals surface area contributed by atoms with Crippen molar-refractivity contribution in [2.75, 3.05) is 7.11 Å². The molecule has 0 radical (unpaired) electrons. The molecule has 1 saturated carbocycles. The van der Waals surface area contributed by atoms with Crippen LogP contribution in [0.3, 0.4) is 0 Å². The van der Waals surface area contributed by atoms with Gasteiger partial charge in [0.2, 0.25) is 0 Å². The van der Waals surface area contributed by atoms with Crippen molar-refractivity contribution >= 4 is 24.8 Å². The Kier molecular flexibility index (Phi) is 8.51. The second-order valence-corrected chi connectivity index (χ2v) is 6.12. The van der Waals surface area contributed by atoms with Gasteiger partial charge in [0.1, 0.15) is 11.6 Å². The molecule has 24 heavy (non-hydrogen) atoms. The van der Waals surface area contributed by atoms with Crippen LogP contribution in [-0.2, 0) is 6.42 Å². The van der Waals surface area contributed by atoms with E-state index in [0.717, 1.165) is 23.5 Å². The molecule has 0 atom stereocenters. The molecule has 0 N–H and O–H groups in total. The average Bonchev–Trinajstić information content (AvgIpc) is 3.06. The quantitative estimate of drug-likeness (QED) is 0.656. The van der Waals surface area contributed by atoms with Crippen LogP contribution in [0.25, 0.3) is 11.1 Å². The minimum absolute atomic E-state index is 0. The van der Waals surface area contributed by atoms with Crippen molar-refractivity contribution < 1.29 is 9.13 Å². The van der Waals surface area contributed by atoms with Gasteiger partial charge in [-0.1, -0.05) is 25.7 Å². The number of aromatic nitrogens is 1. The molecule has 1 heterocycles. The van der Waals surface area contributed by atoms with Gasteiger partial charge in [-0.25, -0.2) is 4.39 Å². The van der Waals surface area contributed by atoms with Gasteiger partial charge in [0.05, 0.1) is 7.11 Å². The van der Waals surface area contributed by atoms with Gasteiger partial charge in [-0.15, -0.1) is 24.8 Å². The summed E-state index contributed by atoms with van der Waals surface area (Å²) < 4.78 is 18.6. The number of benzene rings is 1. The fraction of sp³-hybridized carbons (Fsp3) is 0.421. The number of hydrogen-bond donors (Lipinski definition) is 0. The van der Waals surface area contributed by atoms with E-state index in [1.54, 1.807) is 13.2 Å². The van der Waals surface area contributed by atoms with Crippen LogP contribution in [0, 0.1) is 11.7 Å². The highest BCUT2D eigenvalue weighted by atomic mass is 35.5. The van der Waals surface area contributed by atoms with E-state index in [9.17, 15) is 4.39 Å². The minimum Gasteiger partial charge on any atom is -0.496 e. The highest BCUT2D eigenvalue weighted by Gasteiger charge is 2.15. The smallest absolute Gasteiger partial charge is 0.129 e. The summed E-state index contributed by atoms with van der Waals surface area (Å²) in [5.74, 6) is 1.14. The molecule has 1 aliphatic carbocycles. The molecule has 2 nitrogen and oxygen atoms in total. The molecule has 0 bridgehead atoms. The fourth-order valence-corrected chi connectivity index (χ4v) is 3.34. The highest BCUT2D eigenvalue weighted by Crippen LogP contribution is 2.32. The van der Waals surface area contributed by atoms with Crippen LogP contribution in [0.5, 0.6) is 5.75 Å². The summed E-state index contributed by atoms with van der Waals surface area (Å²) in [6.07, 6.45) is 11.6. The largest absolute Gasteiger partial charge is 0.496 e. The number of ether oxygens (including phenoxy) is 1. The summed E-state index contributed by atoms with van der Waals surface area (Å²) >= 11 is 0. The molecule has 1 fully saturated rings. The van der Waals surface area contributed by atoms with Crippen LogP contribution >= 0.6 is 24.8 Å². The molecule has 0 spiro atoms. The van der Waals surface area contributed by atoms with Crippen molar-refractivity contribution in [3.8, 4) is 16.9 Å². The van der Waals surface area contributed by atoms with E-state index >= 15 is 0 Å². The van der Waals surface area contributed by atoms with Crippen LogP contribution in [0.15, 0.2) is 36.7 Å². The lowest BCUT2D eigenvalue weighted by Crippen LogP contribution is -1.97. The van der Waals surface area contributed by atoms with E-state index in [0.29, 0.717) is 5.75 Å². The Balaban J connectivity index is 0.00000144. The first-order valence-electron chi connectivity index (χ1n) is 8.04. The first-order chi connectivity index (χ1) is 10.8. The monoisotopic (exact) mass is 371 g/mol. The maximum atomic E-state index is 13.3. The number of nitrogens with zero attached hydrogens (tertiary/aromatic N) is 1. The fourth-order valence-electron chi connectivity index (χ4n) is 3.34. The molecule has 5 heteroatoms. The third-order valence-electron chi connectivity index (χ3n) is 4.59. The molecule has 3 rings (SSSR count). The highest BCUT2D eigenvalue weighted by molar-refractivity contribution is 5.85. The number of pyridine rings is 1. The van der Waals surface area contributed by atoms with Gasteiger partial charge in [0.25, 0.3) is 0 Å². The Labute approximate surface area is 155 Å². The van der Waals surface area contributed by atoms with E-state index < -0.39 is 0 Å². The molecule has 1 aromatic carbocycles. The Bertz CT molecular complexity index is 645. The Morgan fingerprint density at radius 2 is 1.88 bits per heavy atom. The van der Waals surface area contributed by atoms with Crippen molar-refractivity contribution in [3.05, 3.63) is 48.0 Å². The third kappa shape index (κ3) is 5.09. The first kappa shape index (κ1) is 20.7. The lowest BCUT2D eigenvalue weighted by atomic mass is 9.97. The zero-order valence-electron chi connectivity index (χ0n) is 13.8. The molecule has 0 amide bonds. The number of methoxy groups -OCH3 is 1. The van der Waals surface area contributed by atoms with Gasteiger partial charge in [0.15, 0.2) is 0 Å². The Morgan fingerprint density at radius 1 is 1.12 bits per heavy atom. The summed E-state index contributed by atoms with van der Waals surface area (Å²) in [6.45, 7) is 0.